The van der Waals surface area contributed by atoms with Crippen LogP contribution in [-0.4, -0.2) is 15.7 Å². The summed E-state index contributed by atoms with van der Waals surface area (Å²) >= 11 is 11.9. The van der Waals surface area contributed by atoms with Gasteiger partial charge in [-0.05, 0) is 37.3 Å². The van der Waals surface area contributed by atoms with Gasteiger partial charge in [-0.2, -0.15) is 5.10 Å². The third-order valence-corrected chi connectivity index (χ3v) is 4.06. The maximum absolute atomic E-state index is 13.9. The van der Waals surface area contributed by atoms with Crippen molar-refractivity contribution in [2.45, 2.75) is 6.92 Å². The topological polar surface area (TPSA) is 46.9 Å². The van der Waals surface area contributed by atoms with E-state index in [4.69, 9.17) is 23.2 Å². The van der Waals surface area contributed by atoms with Gasteiger partial charge in [-0.15, -0.1) is 0 Å². The molecule has 2 aromatic carbocycles. The number of carbonyl (C=O) groups is 1. The molecule has 0 atom stereocenters. The van der Waals surface area contributed by atoms with E-state index in [-0.39, 0.29) is 11.6 Å². The molecule has 1 aromatic heterocycles. The Morgan fingerprint density at radius 1 is 1.21 bits per heavy atom. The van der Waals surface area contributed by atoms with Gasteiger partial charge in [0.2, 0.25) is 0 Å². The minimum absolute atomic E-state index is 0.276. The van der Waals surface area contributed by atoms with Gasteiger partial charge in [0.05, 0.1) is 28.2 Å². The highest BCUT2D eigenvalue weighted by Crippen LogP contribution is 2.26. The van der Waals surface area contributed by atoms with Crippen LogP contribution in [0.5, 0.6) is 0 Å². The number of nitrogens with zero attached hydrogens (tertiary/aromatic N) is 2. The molecule has 122 valence electrons. The highest BCUT2D eigenvalue weighted by atomic mass is 35.5. The first kappa shape index (κ1) is 16.5. The molecule has 1 amide bonds. The minimum Gasteiger partial charge on any atom is -0.321 e. The van der Waals surface area contributed by atoms with Crippen LogP contribution < -0.4 is 5.32 Å². The number of aromatic nitrogens is 2. The number of benzene rings is 2. The molecule has 0 aliphatic heterocycles. The predicted octanol–water partition coefficient (Wildman–Crippen LogP) is 4.88. The zero-order chi connectivity index (χ0) is 17.3. The van der Waals surface area contributed by atoms with E-state index in [1.807, 2.05) is 0 Å². The van der Waals surface area contributed by atoms with Crippen molar-refractivity contribution in [1.82, 2.24) is 9.78 Å². The Kier molecular flexibility index (Phi) is 4.55. The molecule has 0 unspecified atom stereocenters. The molecule has 24 heavy (non-hydrogen) atoms. The average Bonchev–Trinajstić information content (AvgIpc) is 2.92. The molecule has 0 aliphatic rings. The van der Waals surface area contributed by atoms with Crippen LogP contribution in [0.4, 0.5) is 10.1 Å². The molecule has 0 saturated carbocycles. The number of hydrogen-bond acceptors (Lipinski definition) is 2. The Morgan fingerprint density at radius 3 is 2.67 bits per heavy atom. The number of carbonyl (C=O) groups excluding carboxylic acids is 1. The summed E-state index contributed by atoms with van der Waals surface area (Å²) in [6, 6.07) is 11.0. The first-order valence-corrected chi connectivity index (χ1v) is 7.79. The summed E-state index contributed by atoms with van der Waals surface area (Å²) in [6.45, 7) is 1.69. The van der Waals surface area contributed by atoms with Gasteiger partial charge in [0.25, 0.3) is 5.91 Å². The van der Waals surface area contributed by atoms with E-state index < -0.39 is 5.82 Å². The fourth-order valence-electron chi connectivity index (χ4n) is 2.28. The van der Waals surface area contributed by atoms with E-state index in [9.17, 15) is 9.18 Å². The summed E-state index contributed by atoms with van der Waals surface area (Å²) < 4.78 is 15.3. The average molecular weight is 364 g/mol. The fraction of sp³-hybridized carbons (Fsp3) is 0.0588. The molecule has 0 saturated heterocycles. The Hall–Kier alpha value is -2.37. The monoisotopic (exact) mass is 363 g/mol. The number of para-hydroxylation sites is 1. The van der Waals surface area contributed by atoms with Gasteiger partial charge in [0.1, 0.15) is 11.5 Å². The lowest BCUT2D eigenvalue weighted by atomic mass is 10.2. The van der Waals surface area contributed by atoms with Crippen LogP contribution in [0.2, 0.25) is 10.0 Å². The number of amides is 1. The first-order valence-electron chi connectivity index (χ1n) is 7.03. The normalized spacial score (nSPS) is 10.7. The maximum Gasteiger partial charge on any atom is 0.259 e. The van der Waals surface area contributed by atoms with Crippen LogP contribution in [0.3, 0.4) is 0 Å². The zero-order valence-corrected chi connectivity index (χ0v) is 14.1. The lowest BCUT2D eigenvalue weighted by Gasteiger charge is -2.08. The van der Waals surface area contributed by atoms with E-state index >= 15 is 0 Å². The first-order chi connectivity index (χ1) is 11.5. The van der Waals surface area contributed by atoms with Crippen LogP contribution in [-0.2, 0) is 0 Å². The molecule has 3 aromatic rings. The number of anilines is 1. The molecule has 1 N–H and O–H groups in total. The zero-order valence-electron chi connectivity index (χ0n) is 12.6. The van der Waals surface area contributed by atoms with Crippen molar-refractivity contribution in [3.63, 3.8) is 0 Å². The van der Waals surface area contributed by atoms with Gasteiger partial charge in [-0.3, -0.25) is 4.79 Å². The van der Waals surface area contributed by atoms with Gasteiger partial charge in [-0.25, -0.2) is 9.07 Å². The molecule has 0 spiro atoms. The van der Waals surface area contributed by atoms with Gasteiger partial charge in [0.15, 0.2) is 0 Å². The highest BCUT2D eigenvalue weighted by Gasteiger charge is 2.17. The Bertz CT molecular complexity index is 924. The summed E-state index contributed by atoms with van der Waals surface area (Å²) in [5.41, 5.74) is 1.55. The van der Waals surface area contributed by atoms with E-state index in [1.54, 1.807) is 37.3 Å². The van der Waals surface area contributed by atoms with Crippen molar-refractivity contribution in [1.29, 1.82) is 0 Å². The van der Waals surface area contributed by atoms with Crippen LogP contribution in [0, 0.1) is 12.7 Å². The van der Waals surface area contributed by atoms with Crippen molar-refractivity contribution in [2.24, 2.45) is 0 Å². The van der Waals surface area contributed by atoms with Crippen LogP contribution in [0.15, 0.2) is 48.7 Å². The summed E-state index contributed by atoms with van der Waals surface area (Å²) in [5, 5.41) is 7.61. The van der Waals surface area contributed by atoms with Gasteiger partial charge in [-0.1, -0.05) is 35.3 Å². The van der Waals surface area contributed by atoms with Crippen LogP contribution in [0.25, 0.3) is 5.69 Å². The SMILES string of the molecule is Cc1c(C(=O)Nc2ccc(Cl)cc2Cl)cnn1-c1ccccc1F. The molecule has 0 fully saturated rings. The molecular weight excluding hydrogens is 352 g/mol. The third-order valence-electron chi connectivity index (χ3n) is 3.51. The Balaban J connectivity index is 1.91. The third kappa shape index (κ3) is 3.13. The molecule has 3 rings (SSSR count). The van der Waals surface area contributed by atoms with Gasteiger partial charge in [0, 0.05) is 5.02 Å². The molecule has 0 aliphatic carbocycles. The lowest BCUT2D eigenvalue weighted by molar-refractivity contribution is 0.102. The minimum atomic E-state index is -0.420. The van der Waals surface area contributed by atoms with Crippen molar-refractivity contribution >= 4 is 34.8 Å². The quantitative estimate of drug-likeness (QED) is 0.720. The van der Waals surface area contributed by atoms with E-state index in [1.165, 1.54) is 23.0 Å². The second-order valence-electron chi connectivity index (χ2n) is 5.09. The summed E-state index contributed by atoms with van der Waals surface area (Å²) in [6.07, 6.45) is 1.39. The van der Waals surface area contributed by atoms with Gasteiger partial charge < -0.3 is 5.32 Å². The lowest BCUT2D eigenvalue weighted by Crippen LogP contribution is -2.13. The summed E-state index contributed by atoms with van der Waals surface area (Å²) in [7, 11) is 0. The number of halogens is 3. The molecule has 4 nitrogen and oxygen atoms in total. The molecule has 7 heteroatoms. The fourth-order valence-corrected chi connectivity index (χ4v) is 2.74. The van der Waals surface area contributed by atoms with Crippen molar-refractivity contribution in [3.8, 4) is 5.69 Å². The Labute approximate surface area is 147 Å². The molecule has 0 radical (unpaired) electrons. The van der Waals surface area contributed by atoms with E-state index in [0.29, 0.717) is 27.0 Å². The van der Waals surface area contributed by atoms with Crippen molar-refractivity contribution in [2.75, 3.05) is 5.32 Å². The number of hydrogen-bond donors (Lipinski definition) is 1. The molecular formula is C17H12Cl2FN3O. The molecule has 0 bridgehead atoms. The second kappa shape index (κ2) is 6.63. The van der Waals surface area contributed by atoms with Gasteiger partial charge >= 0.3 is 0 Å². The second-order valence-corrected chi connectivity index (χ2v) is 5.93. The number of rotatable bonds is 3. The smallest absolute Gasteiger partial charge is 0.259 e. The Morgan fingerprint density at radius 2 is 1.96 bits per heavy atom. The van der Waals surface area contributed by atoms with E-state index in [2.05, 4.69) is 10.4 Å². The van der Waals surface area contributed by atoms with E-state index in [0.717, 1.165) is 0 Å². The summed E-state index contributed by atoms with van der Waals surface area (Å²) in [5.74, 6) is -0.810. The molecule has 1 heterocycles. The standard InChI is InChI=1S/C17H12Cl2FN3O/c1-10-12(9-21-23(10)16-5-3-2-4-14(16)20)17(24)22-15-7-6-11(18)8-13(15)19/h2-9H,1H3,(H,22,24). The maximum atomic E-state index is 13.9. The highest BCUT2D eigenvalue weighted by molar-refractivity contribution is 6.36. The number of nitrogens with one attached hydrogen (secondary N) is 1. The summed E-state index contributed by atoms with van der Waals surface area (Å²) in [4.78, 5) is 12.5. The largest absolute Gasteiger partial charge is 0.321 e. The van der Waals surface area contributed by atoms with Crippen molar-refractivity contribution < 1.29 is 9.18 Å². The van der Waals surface area contributed by atoms with Crippen LogP contribution in [0.1, 0.15) is 16.1 Å². The van der Waals surface area contributed by atoms with Crippen LogP contribution >= 0.6 is 23.2 Å². The van der Waals surface area contributed by atoms with Crippen molar-refractivity contribution in [3.05, 3.63) is 75.8 Å². The predicted molar refractivity (Wildman–Crippen MR) is 92.7 cm³/mol.